The largest absolute Gasteiger partial charge is 0.508 e. The highest BCUT2D eigenvalue weighted by atomic mass is 16.3. The van der Waals surface area contributed by atoms with Crippen molar-refractivity contribution in [2.75, 3.05) is 14.1 Å². The van der Waals surface area contributed by atoms with Gasteiger partial charge >= 0.3 is 0 Å². The van der Waals surface area contributed by atoms with E-state index in [0.29, 0.717) is 6.42 Å². The van der Waals surface area contributed by atoms with E-state index in [1.165, 1.54) is 0 Å². The van der Waals surface area contributed by atoms with Gasteiger partial charge in [-0.2, -0.15) is 0 Å². The molecule has 0 bridgehead atoms. The first-order chi connectivity index (χ1) is 7.00. The fraction of sp³-hybridized carbons (Fsp3) is 0.417. The maximum absolute atomic E-state index is 11.5. The number of phenolic OH excluding ortho intramolecular Hbond substituents is 1. The highest BCUT2D eigenvalue weighted by Crippen LogP contribution is 2.21. The van der Waals surface area contributed by atoms with Crippen molar-refractivity contribution in [1.29, 1.82) is 0 Å². The van der Waals surface area contributed by atoms with E-state index in [4.69, 9.17) is 5.11 Å². The van der Waals surface area contributed by atoms with Crippen molar-refractivity contribution in [2.24, 2.45) is 0 Å². The van der Waals surface area contributed by atoms with Gasteiger partial charge in [-0.05, 0) is 23.6 Å². The average Bonchev–Trinajstić information content (AvgIpc) is 2.18. The monoisotopic (exact) mass is 207 g/mol. The molecule has 0 saturated carbocycles. The summed E-state index contributed by atoms with van der Waals surface area (Å²) in [5, 5.41) is 9.13. The van der Waals surface area contributed by atoms with Crippen LogP contribution in [0.2, 0.25) is 0 Å². The number of carbonyl (C=O) groups is 1. The predicted octanol–water partition coefficient (Wildman–Crippen LogP) is 1.97. The van der Waals surface area contributed by atoms with Crippen LogP contribution in [0.25, 0.3) is 0 Å². The molecule has 1 aromatic carbocycles. The molecule has 0 aliphatic carbocycles. The van der Waals surface area contributed by atoms with E-state index in [1.54, 1.807) is 31.1 Å². The minimum atomic E-state index is 0.121. The Balaban J connectivity index is 2.65. The van der Waals surface area contributed by atoms with Crippen molar-refractivity contribution >= 4 is 5.91 Å². The predicted molar refractivity (Wildman–Crippen MR) is 59.8 cm³/mol. The Hall–Kier alpha value is -1.51. The summed E-state index contributed by atoms with van der Waals surface area (Å²) in [5.74, 6) is 0.556. The van der Waals surface area contributed by atoms with E-state index in [-0.39, 0.29) is 17.6 Å². The number of amides is 1. The van der Waals surface area contributed by atoms with Gasteiger partial charge in [0.2, 0.25) is 5.91 Å². The van der Waals surface area contributed by atoms with Gasteiger partial charge in [0, 0.05) is 20.5 Å². The maximum atomic E-state index is 11.5. The summed E-state index contributed by atoms with van der Waals surface area (Å²) in [6, 6.07) is 6.99. The maximum Gasteiger partial charge on any atom is 0.222 e. The number of carbonyl (C=O) groups excluding carboxylic acids is 1. The number of phenols is 1. The third-order valence-corrected chi connectivity index (χ3v) is 2.44. The molecule has 3 heteroatoms. The first-order valence-electron chi connectivity index (χ1n) is 4.99. The first kappa shape index (κ1) is 11.6. The minimum Gasteiger partial charge on any atom is -0.508 e. The quantitative estimate of drug-likeness (QED) is 0.823. The van der Waals surface area contributed by atoms with Crippen LogP contribution >= 0.6 is 0 Å². The van der Waals surface area contributed by atoms with Crippen LogP contribution in [0, 0.1) is 0 Å². The van der Waals surface area contributed by atoms with Crippen molar-refractivity contribution in [3.63, 3.8) is 0 Å². The summed E-state index contributed by atoms with van der Waals surface area (Å²) in [4.78, 5) is 13.1. The van der Waals surface area contributed by atoms with E-state index >= 15 is 0 Å². The summed E-state index contributed by atoms with van der Waals surface area (Å²) in [5.41, 5.74) is 1.07. The molecule has 1 rings (SSSR count). The number of benzene rings is 1. The average molecular weight is 207 g/mol. The molecule has 0 fully saturated rings. The second-order valence-electron chi connectivity index (χ2n) is 3.98. The second-order valence-corrected chi connectivity index (χ2v) is 3.98. The molecule has 1 aromatic rings. The molecule has 1 atom stereocenters. The van der Waals surface area contributed by atoms with Crippen molar-refractivity contribution in [3.8, 4) is 5.75 Å². The summed E-state index contributed by atoms with van der Waals surface area (Å²) in [6.45, 7) is 2.01. The number of nitrogens with zero attached hydrogens (tertiary/aromatic N) is 1. The Morgan fingerprint density at radius 2 is 1.87 bits per heavy atom. The molecule has 15 heavy (non-hydrogen) atoms. The van der Waals surface area contributed by atoms with Crippen LogP contribution in [0.1, 0.15) is 24.8 Å². The van der Waals surface area contributed by atoms with Crippen LogP contribution in [-0.4, -0.2) is 30.0 Å². The highest BCUT2D eigenvalue weighted by molar-refractivity contribution is 5.76. The number of aromatic hydroxyl groups is 1. The van der Waals surface area contributed by atoms with Crippen molar-refractivity contribution in [2.45, 2.75) is 19.3 Å². The number of rotatable bonds is 3. The smallest absolute Gasteiger partial charge is 0.222 e. The van der Waals surface area contributed by atoms with E-state index < -0.39 is 0 Å². The molecular formula is C12H17NO2. The van der Waals surface area contributed by atoms with Gasteiger partial charge in [-0.3, -0.25) is 4.79 Å². The molecule has 0 heterocycles. The topological polar surface area (TPSA) is 40.5 Å². The standard InChI is InChI=1S/C12H17NO2/c1-9(8-12(15)13(2)3)10-4-6-11(14)7-5-10/h4-7,9,14H,8H2,1-3H3/t9-/m1/s1. The van der Waals surface area contributed by atoms with Crippen molar-refractivity contribution in [3.05, 3.63) is 29.8 Å². The van der Waals surface area contributed by atoms with Gasteiger partial charge in [-0.25, -0.2) is 0 Å². The van der Waals surface area contributed by atoms with Gasteiger partial charge in [0.05, 0.1) is 0 Å². The molecule has 0 unspecified atom stereocenters. The Morgan fingerprint density at radius 3 is 2.33 bits per heavy atom. The summed E-state index contributed by atoms with van der Waals surface area (Å²) in [7, 11) is 3.51. The van der Waals surface area contributed by atoms with Gasteiger partial charge in [-0.1, -0.05) is 19.1 Å². The van der Waals surface area contributed by atoms with Crippen molar-refractivity contribution in [1.82, 2.24) is 4.90 Å². The van der Waals surface area contributed by atoms with Crippen LogP contribution in [0.4, 0.5) is 0 Å². The Labute approximate surface area is 90.3 Å². The normalized spacial score (nSPS) is 12.2. The molecule has 82 valence electrons. The van der Waals surface area contributed by atoms with E-state index in [1.807, 2.05) is 19.1 Å². The SMILES string of the molecule is C[C@H](CC(=O)N(C)C)c1ccc(O)cc1. The zero-order chi connectivity index (χ0) is 11.4. The molecule has 0 spiro atoms. The molecular weight excluding hydrogens is 190 g/mol. The van der Waals surface area contributed by atoms with Gasteiger partial charge < -0.3 is 10.0 Å². The number of hydrogen-bond acceptors (Lipinski definition) is 2. The lowest BCUT2D eigenvalue weighted by Crippen LogP contribution is -2.22. The highest BCUT2D eigenvalue weighted by Gasteiger charge is 2.12. The van der Waals surface area contributed by atoms with E-state index in [0.717, 1.165) is 5.56 Å². The second kappa shape index (κ2) is 4.82. The van der Waals surface area contributed by atoms with Gasteiger partial charge in [0.25, 0.3) is 0 Å². The van der Waals surface area contributed by atoms with E-state index in [9.17, 15) is 4.79 Å². The van der Waals surface area contributed by atoms with Crippen molar-refractivity contribution < 1.29 is 9.90 Å². The van der Waals surface area contributed by atoms with Gasteiger partial charge in [0.15, 0.2) is 0 Å². The Morgan fingerprint density at radius 1 is 1.33 bits per heavy atom. The molecule has 0 aliphatic rings. The Bertz CT molecular complexity index is 330. The third-order valence-electron chi connectivity index (χ3n) is 2.44. The molecule has 0 aliphatic heterocycles. The van der Waals surface area contributed by atoms with Crippen LogP contribution in [0.15, 0.2) is 24.3 Å². The third kappa shape index (κ3) is 3.27. The lowest BCUT2D eigenvalue weighted by molar-refractivity contribution is -0.129. The summed E-state index contributed by atoms with van der Waals surface area (Å²) in [6.07, 6.45) is 0.498. The molecule has 0 radical (unpaired) electrons. The molecule has 1 amide bonds. The molecule has 0 saturated heterocycles. The van der Waals surface area contributed by atoms with E-state index in [2.05, 4.69) is 0 Å². The summed E-state index contributed by atoms with van der Waals surface area (Å²) < 4.78 is 0. The van der Waals surface area contributed by atoms with Crippen LogP contribution in [-0.2, 0) is 4.79 Å². The lowest BCUT2D eigenvalue weighted by atomic mass is 9.97. The fourth-order valence-corrected chi connectivity index (χ4v) is 1.37. The summed E-state index contributed by atoms with van der Waals surface area (Å²) >= 11 is 0. The van der Waals surface area contributed by atoms with Gasteiger partial charge in [0.1, 0.15) is 5.75 Å². The Kier molecular flexibility index (Phi) is 3.72. The minimum absolute atomic E-state index is 0.121. The first-order valence-corrected chi connectivity index (χ1v) is 4.99. The van der Waals surface area contributed by atoms with Crippen LogP contribution in [0.5, 0.6) is 5.75 Å². The lowest BCUT2D eigenvalue weighted by Gasteiger charge is -2.15. The van der Waals surface area contributed by atoms with Gasteiger partial charge in [-0.15, -0.1) is 0 Å². The zero-order valence-corrected chi connectivity index (χ0v) is 9.40. The van der Waals surface area contributed by atoms with Crippen LogP contribution in [0.3, 0.4) is 0 Å². The zero-order valence-electron chi connectivity index (χ0n) is 9.40. The van der Waals surface area contributed by atoms with Crippen LogP contribution < -0.4 is 0 Å². The number of hydrogen-bond donors (Lipinski definition) is 1. The molecule has 3 nitrogen and oxygen atoms in total. The fourth-order valence-electron chi connectivity index (χ4n) is 1.37. The molecule has 0 aromatic heterocycles. The molecule has 1 N–H and O–H groups in total.